The van der Waals surface area contributed by atoms with Gasteiger partial charge in [-0.05, 0) is 29.3 Å². The van der Waals surface area contributed by atoms with Gasteiger partial charge in [0.15, 0.2) is 0 Å². The van der Waals surface area contributed by atoms with Crippen molar-refractivity contribution in [2.24, 2.45) is 0 Å². The number of carbonyl (C=O) groups is 2. The lowest BCUT2D eigenvalue weighted by molar-refractivity contribution is -0.137. The van der Waals surface area contributed by atoms with Crippen LogP contribution in [0.1, 0.15) is 33.1 Å². The van der Waals surface area contributed by atoms with Gasteiger partial charge >= 0.3 is 6.18 Å². The number of hydrogen-bond donors (Lipinski definition) is 1. The Labute approximate surface area is 212 Å². The van der Waals surface area contributed by atoms with Crippen molar-refractivity contribution in [3.8, 4) is 0 Å². The molecule has 5 nitrogen and oxygen atoms in total. The second kappa shape index (κ2) is 11.1. The molecule has 1 fully saturated rings. The van der Waals surface area contributed by atoms with Gasteiger partial charge in [-0.3, -0.25) is 14.5 Å². The fourth-order valence-corrected chi connectivity index (χ4v) is 4.52. The third-order valence-electron chi connectivity index (χ3n) is 6.11. The van der Waals surface area contributed by atoms with Gasteiger partial charge in [0.1, 0.15) is 6.04 Å². The summed E-state index contributed by atoms with van der Waals surface area (Å²) in [6.07, 6.45) is -4.60. The molecule has 36 heavy (non-hydrogen) atoms. The molecule has 9 heteroatoms. The van der Waals surface area contributed by atoms with Crippen LogP contribution in [-0.2, 0) is 17.5 Å². The highest BCUT2D eigenvalue weighted by Crippen LogP contribution is 2.32. The summed E-state index contributed by atoms with van der Waals surface area (Å²) >= 11 is 5.86. The number of benzene rings is 3. The molecule has 0 saturated carbocycles. The molecule has 1 heterocycles. The molecule has 188 valence electrons. The Balaban J connectivity index is 1.46. The molecule has 3 aromatic carbocycles. The molecule has 0 aromatic heterocycles. The number of nitrogens with one attached hydrogen (secondary N) is 1. The van der Waals surface area contributed by atoms with E-state index in [1.54, 1.807) is 0 Å². The molecular weight excluding hydrogens is 491 g/mol. The van der Waals surface area contributed by atoms with Crippen LogP contribution >= 0.6 is 11.6 Å². The van der Waals surface area contributed by atoms with E-state index < -0.39 is 23.7 Å². The van der Waals surface area contributed by atoms with Gasteiger partial charge in [-0.25, -0.2) is 0 Å². The van der Waals surface area contributed by atoms with Crippen LogP contribution < -0.4 is 5.32 Å². The van der Waals surface area contributed by atoms with Crippen molar-refractivity contribution in [2.45, 2.75) is 18.8 Å². The third-order valence-corrected chi connectivity index (χ3v) is 6.33. The summed E-state index contributed by atoms with van der Waals surface area (Å²) in [7, 11) is 0. The summed E-state index contributed by atoms with van der Waals surface area (Å²) in [5.74, 6) is -0.679. The molecule has 1 N–H and O–H groups in total. The Morgan fingerprint density at radius 1 is 0.889 bits per heavy atom. The van der Waals surface area contributed by atoms with Gasteiger partial charge in [-0.1, -0.05) is 72.3 Å². The molecule has 2 amide bonds. The first-order valence-electron chi connectivity index (χ1n) is 11.5. The molecule has 1 aliphatic heterocycles. The second-order valence-corrected chi connectivity index (χ2v) is 9.01. The van der Waals surface area contributed by atoms with Crippen LogP contribution in [0.3, 0.4) is 0 Å². The molecule has 1 saturated heterocycles. The van der Waals surface area contributed by atoms with Crippen molar-refractivity contribution in [1.29, 1.82) is 0 Å². The van der Waals surface area contributed by atoms with Gasteiger partial charge in [0, 0.05) is 43.3 Å². The number of piperazine rings is 1. The summed E-state index contributed by atoms with van der Waals surface area (Å²) in [5.41, 5.74) is 0.736. The van der Waals surface area contributed by atoms with Gasteiger partial charge in [0.05, 0.1) is 5.56 Å². The van der Waals surface area contributed by atoms with Gasteiger partial charge in [0.2, 0.25) is 5.91 Å². The average molecular weight is 516 g/mol. The smallest absolute Gasteiger partial charge is 0.350 e. The molecule has 1 atom stereocenters. The fraction of sp³-hybridized carbons (Fsp3) is 0.259. The third kappa shape index (κ3) is 6.25. The van der Waals surface area contributed by atoms with Crippen molar-refractivity contribution < 1.29 is 22.8 Å². The maximum atomic E-state index is 13.3. The predicted molar refractivity (Wildman–Crippen MR) is 131 cm³/mol. The topological polar surface area (TPSA) is 52.7 Å². The van der Waals surface area contributed by atoms with Crippen molar-refractivity contribution >= 4 is 23.4 Å². The van der Waals surface area contributed by atoms with Crippen molar-refractivity contribution in [1.82, 2.24) is 15.1 Å². The Bertz CT molecular complexity index is 1200. The molecule has 0 spiro atoms. The number of hydrogen-bond acceptors (Lipinski definition) is 3. The largest absolute Gasteiger partial charge is 0.416 e. The maximum Gasteiger partial charge on any atom is 0.416 e. The average Bonchev–Trinajstić information content (AvgIpc) is 2.88. The summed E-state index contributed by atoms with van der Waals surface area (Å²) in [6.45, 7) is 1.69. The van der Waals surface area contributed by atoms with Crippen molar-refractivity contribution in [3.05, 3.63) is 106 Å². The summed E-state index contributed by atoms with van der Waals surface area (Å²) in [4.78, 5) is 29.7. The lowest BCUT2D eigenvalue weighted by atomic mass is 10.0. The van der Waals surface area contributed by atoms with Gasteiger partial charge in [-0.15, -0.1) is 0 Å². The lowest BCUT2D eigenvalue weighted by Crippen LogP contribution is -2.52. The van der Waals surface area contributed by atoms with E-state index in [1.165, 1.54) is 11.0 Å². The minimum atomic E-state index is -4.60. The summed E-state index contributed by atoms with van der Waals surface area (Å²) in [5, 5.41) is 2.85. The van der Waals surface area contributed by atoms with E-state index >= 15 is 0 Å². The normalized spacial score (nSPS) is 15.4. The molecule has 4 rings (SSSR count). The van der Waals surface area contributed by atoms with E-state index in [9.17, 15) is 22.8 Å². The molecule has 0 radical (unpaired) electrons. The zero-order chi connectivity index (χ0) is 25.7. The zero-order valence-corrected chi connectivity index (χ0v) is 20.1. The number of amides is 2. The highest BCUT2D eigenvalue weighted by Gasteiger charge is 2.34. The van der Waals surface area contributed by atoms with Crippen LogP contribution in [0.25, 0.3) is 0 Å². The van der Waals surface area contributed by atoms with Crippen LogP contribution in [0.5, 0.6) is 0 Å². The van der Waals surface area contributed by atoms with Crippen LogP contribution in [-0.4, -0.2) is 47.8 Å². The predicted octanol–water partition coefficient (Wildman–Crippen LogP) is 5.17. The molecular formula is C27H25ClF3N3O2. The Kier molecular flexibility index (Phi) is 7.96. The van der Waals surface area contributed by atoms with E-state index in [1.807, 2.05) is 65.6 Å². The van der Waals surface area contributed by atoms with E-state index in [4.69, 9.17) is 11.6 Å². The highest BCUT2D eigenvalue weighted by atomic mass is 35.5. The first kappa shape index (κ1) is 25.7. The van der Waals surface area contributed by atoms with Crippen LogP contribution in [0.4, 0.5) is 13.2 Å². The maximum absolute atomic E-state index is 13.3. The molecule has 3 aromatic rings. The molecule has 0 bridgehead atoms. The van der Waals surface area contributed by atoms with Crippen molar-refractivity contribution in [3.63, 3.8) is 0 Å². The number of carbonyl (C=O) groups excluding carboxylic acids is 2. The Morgan fingerprint density at radius 2 is 1.50 bits per heavy atom. The summed E-state index contributed by atoms with van der Waals surface area (Å²) < 4.78 is 39.5. The number of alkyl halides is 3. The SMILES string of the molecule is O=C(NCc1ccccc1)C(c1ccccc1)N1CCN(C(=O)c2cc(Cl)cc(C(F)(F)F)c2)CC1. The van der Waals surface area contributed by atoms with Gasteiger partial charge in [0.25, 0.3) is 5.91 Å². The van der Waals surface area contributed by atoms with E-state index in [-0.39, 0.29) is 29.6 Å². The molecule has 1 unspecified atom stereocenters. The second-order valence-electron chi connectivity index (χ2n) is 8.57. The van der Waals surface area contributed by atoms with Crippen LogP contribution in [0.15, 0.2) is 78.9 Å². The van der Waals surface area contributed by atoms with Crippen LogP contribution in [0.2, 0.25) is 5.02 Å². The number of halogens is 4. The van der Waals surface area contributed by atoms with Crippen molar-refractivity contribution in [2.75, 3.05) is 26.2 Å². The van der Waals surface area contributed by atoms with E-state index in [2.05, 4.69) is 5.32 Å². The Morgan fingerprint density at radius 3 is 2.11 bits per heavy atom. The highest BCUT2D eigenvalue weighted by molar-refractivity contribution is 6.31. The molecule has 1 aliphatic rings. The minimum Gasteiger partial charge on any atom is -0.350 e. The van der Waals surface area contributed by atoms with E-state index in [0.29, 0.717) is 19.6 Å². The van der Waals surface area contributed by atoms with Gasteiger partial charge < -0.3 is 10.2 Å². The first-order valence-corrected chi connectivity index (χ1v) is 11.9. The lowest BCUT2D eigenvalue weighted by Gasteiger charge is -2.39. The zero-order valence-electron chi connectivity index (χ0n) is 19.3. The minimum absolute atomic E-state index is 0.108. The van der Waals surface area contributed by atoms with Crippen LogP contribution in [0, 0.1) is 0 Å². The number of rotatable bonds is 6. The monoisotopic (exact) mass is 515 g/mol. The molecule has 0 aliphatic carbocycles. The number of nitrogens with zero attached hydrogens (tertiary/aromatic N) is 2. The first-order chi connectivity index (χ1) is 17.2. The van der Waals surface area contributed by atoms with E-state index in [0.717, 1.165) is 23.3 Å². The van der Waals surface area contributed by atoms with Gasteiger partial charge in [-0.2, -0.15) is 13.2 Å². The summed E-state index contributed by atoms with van der Waals surface area (Å²) in [6, 6.07) is 21.3. The standard InChI is InChI=1S/C27H25ClF3N3O2/c28-23-16-21(15-22(17-23)27(29,30)31)26(36)34-13-11-33(12-14-34)24(20-9-5-2-6-10-20)25(35)32-18-19-7-3-1-4-8-19/h1-10,15-17,24H,11-14,18H2,(H,32,35). The quantitative estimate of drug-likeness (QED) is 0.492. The fourth-order valence-electron chi connectivity index (χ4n) is 4.29. The Hall–Kier alpha value is -3.36.